The Morgan fingerprint density at radius 2 is 1.50 bits per heavy atom. The zero-order valence-corrected chi connectivity index (χ0v) is 14.5. The van der Waals surface area contributed by atoms with E-state index in [2.05, 4.69) is 0 Å². The van der Waals surface area contributed by atoms with E-state index in [1.807, 2.05) is 27.7 Å². The van der Waals surface area contributed by atoms with Gasteiger partial charge in [-0.25, -0.2) is 0 Å². The number of hydrogen-bond acceptors (Lipinski definition) is 6. The van der Waals surface area contributed by atoms with Crippen LogP contribution in [0.1, 0.15) is 40.5 Å². The van der Waals surface area contributed by atoms with E-state index in [1.54, 1.807) is 0 Å². The number of hydrogen-bond donors (Lipinski definition) is 3. The van der Waals surface area contributed by atoms with Gasteiger partial charge in [-0.2, -0.15) is 0 Å². The van der Waals surface area contributed by atoms with Crippen molar-refractivity contribution in [1.29, 1.82) is 0 Å². The summed E-state index contributed by atoms with van der Waals surface area (Å²) < 4.78 is 18.2. The molecule has 7 heteroatoms. The van der Waals surface area contributed by atoms with Crippen LogP contribution in [0, 0.1) is 0 Å². The molecule has 0 saturated heterocycles. The topological polar surface area (TPSA) is 106 Å². The van der Waals surface area contributed by atoms with Crippen molar-refractivity contribution in [3.05, 3.63) is 0 Å². The summed E-state index contributed by atoms with van der Waals surface area (Å²) >= 11 is 0. The van der Waals surface area contributed by atoms with Crippen LogP contribution in [0.15, 0.2) is 0 Å². The molecule has 1 atom stereocenters. The molecule has 0 aromatic heterocycles. The summed E-state index contributed by atoms with van der Waals surface area (Å²) in [6.07, 6.45) is 1.44. The molecule has 20 heavy (non-hydrogen) atoms. The van der Waals surface area contributed by atoms with Crippen LogP contribution in [-0.4, -0.2) is 46.8 Å². The molecule has 6 nitrogen and oxygen atoms in total. The van der Waals surface area contributed by atoms with Gasteiger partial charge in [0.15, 0.2) is 0 Å². The average molecular weight is 308 g/mol. The van der Waals surface area contributed by atoms with Crippen LogP contribution in [0.25, 0.3) is 0 Å². The maximum atomic E-state index is 6.35. The highest BCUT2D eigenvalue weighted by molar-refractivity contribution is 6.61. The first-order chi connectivity index (χ1) is 9.37. The van der Waals surface area contributed by atoms with Gasteiger partial charge in [-0.3, -0.25) is 0 Å². The van der Waals surface area contributed by atoms with Gasteiger partial charge in [0.25, 0.3) is 0 Å². The number of rotatable bonds is 12. The van der Waals surface area contributed by atoms with Gasteiger partial charge in [0.1, 0.15) is 0 Å². The fourth-order valence-electron chi connectivity index (χ4n) is 2.31. The van der Waals surface area contributed by atoms with Gasteiger partial charge in [-0.1, -0.05) is 0 Å². The van der Waals surface area contributed by atoms with E-state index in [9.17, 15) is 0 Å². The zero-order valence-electron chi connectivity index (χ0n) is 13.5. The summed E-state index contributed by atoms with van der Waals surface area (Å²) in [4.78, 5) is 0. The molecule has 0 aromatic carbocycles. The maximum absolute atomic E-state index is 6.35. The summed E-state index contributed by atoms with van der Waals surface area (Å²) in [5.41, 5.74) is 16.9. The molecule has 0 saturated carbocycles. The molecule has 0 bridgehead atoms. The molecule has 0 aliphatic carbocycles. The Balaban J connectivity index is 5.14. The predicted octanol–water partition coefficient (Wildman–Crippen LogP) is 0.818. The standard InChI is InChI=1S/C13H33N3O3Si/c1-5-17-20(18-6-2,11-12(3)16)19-13(4,7-9-14)8-10-15/h12H,5-11,14-16H2,1-4H3. The molecule has 122 valence electrons. The van der Waals surface area contributed by atoms with Crippen LogP contribution >= 0.6 is 0 Å². The van der Waals surface area contributed by atoms with Gasteiger partial charge in [-0.05, 0) is 53.6 Å². The minimum absolute atomic E-state index is 0.0419. The van der Waals surface area contributed by atoms with E-state index in [1.165, 1.54) is 0 Å². The predicted molar refractivity (Wildman–Crippen MR) is 84.3 cm³/mol. The third kappa shape index (κ3) is 7.12. The van der Waals surface area contributed by atoms with Gasteiger partial charge in [-0.15, -0.1) is 0 Å². The molecular weight excluding hydrogens is 274 g/mol. The van der Waals surface area contributed by atoms with Crippen molar-refractivity contribution in [3.8, 4) is 0 Å². The minimum Gasteiger partial charge on any atom is -0.374 e. The van der Waals surface area contributed by atoms with Crippen molar-refractivity contribution in [2.75, 3.05) is 26.3 Å². The molecule has 0 amide bonds. The van der Waals surface area contributed by atoms with Crippen LogP contribution in [0.4, 0.5) is 0 Å². The second-order valence-corrected chi connectivity index (χ2v) is 7.92. The SMILES string of the molecule is CCO[Si](CC(C)N)(OCC)OC(C)(CCN)CCN. The van der Waals surface area contributed by atoms with Gasteiger partial charge in [0, 0.05) is 25.3 Å². The summed E-state index contributed by atoms with van der Waals surface area (Å²) in [5, 5.41) is 0. The Morgan fingerprint density at radius 3 is 1.80 bits per heavy atom. The van der Waals surface area contributed by atoms with E-state index in [0.29, 0.717) is 32.3 Å². The quantitative estimate of drug-likeness (QED) is 0.461. The highest BCUT2D eigenvalue weighted by atomic mass is 28.4. The molecule has 0 heterocycles. The molecule has 0 fully saturated rings. The monoisotopic (exact) mass is 307 g/mol. The fraction of sp³-hybridized carbons (Fsp3) is 1.00. The van der Waals surface area contributed by atoms with Crippen molar-refractivity contribution in [3.63, 3.8) is 0 Å². The first kappa shape index (κ1) is 20.0. The first-order valence-electron chi connectivity index (χ1n) is 7.50. The smallest absolute Gasteiger partial charge is 0.374 e. The normalized spacial score (nSPS) is 14.6. The summed E-state index contributed by atoms with van der Waals surface area (Å²) in [6.45, 7) is 10.00. The van der Waals surface area contributed by atoms with Crippen LogP contribution in [0.2, 0.25) is 6.04 Å². The van der Waals surface area contributed by atoms with E-state index in [0.717, 1.165) is 12.8 Å². The molecule has 0 radical (unpaired) electrons. The zero-order chi connectivity index (χ0) is 15.6. The molecular formula is C13H33N3O3Si. The Bertz CT molecular complexity index is 243. The van der Waals surface area contributed by atoms with Crippen molar-refractivity contribution in [2.45, 2.75) is 58.2 Å². The Labute approximate surface area is 124 Å². The van der Waals surface area contributed by atoms with Crippen molar-refractivity contribution in [2.24, 2.45) is 17.2 Å². The lowest BCUT2D eigenvalue weighted by atomic mass is 9.99. The molecule has 6 N–H and O–H groups in total. The van der Waals surface area contributed by atoms with Crippen molar-refractivity contribution in [1.82, 2.24) is 0 Å². The van der Waals surface area contributed by atoms with Crippen LogP contribution in [0.3, 0.4) is 0 Å². The van der Waals surface area contributed by atoms with E-state index in [4.69, 9.17) is 30.5 Å². The van der Waals surface area contributed by atoms with Crippen LogP contribution < -0.4 is 17.2 Å². The second kappa shape index (κ2) is 9.83. The average Bonchev–Trinajstić information content (AvgIpc) is 2.28. The summed E-state index contributed by atoms with van der Waals surface area (Å²) in [5.74, 6) is 0. The largest absolute Gasteiger partial charge is 0.502 e. The molecule has 0 rings (SSSR count). The Morgan fingerprint density at radius 1 is 1.05 bits per heavy atom. The second-order valence-electron chi connectivity index (χ2n) is 5.36. The van der Waals surface area contributed by atoms with E-state index < -0.39 is 14.4 Å². The maximum Gasteiger partial charge on any atom is 0.502 e. The molecule has 0 aromatic rings. The fourth-order valence-corrected chi connectivity index (χ4v) is 5.45. The molecule has 0 aliphatic heterocycles. The third-order valence-electron chi connectivity index (χ3n) is 3.05. The van der Waals surface area contributed by atoms with Crippen LogP contribution in [0.5, 0.6) is 0 Å². The molecule has 0 spiro atoms. The van der Waals surface area contributed by atoms with E-state index in [-0.39, 0.29) is 6.04 Å². The van der Waals surface area contributed by atoms with Crippen LogP contribution in [-0.2, 0) is 13.3 Å². The van der Waals surface area contributed by atoms with Crippen molar-refractivity contribution >= 4 is 8.80 Å². The van der Waals surface area contributed by atoms with Crippen molar-refractivity contribution < 1.29 is 13.3 Å². The minimum atomic E-state index is -2.80. The lowest BCUT2D eigenvalue weighted by Crippen LogP contribution is -2.55. The van der Waals surface area contributed by atoms with Gasteiger partial charge >= 0.3 is 8.80 Å². The van der Waals surface area contributed by atoms with Gasteiger partial charge < -0.3 is 30.5 Å². The van der Waals surface area contributed by atoms with Gasteiger partial charge in [0.05, 0.1) is 5.60 Å². The molecule has 1 unspecified atom stereocenters. The summed E-state index contributed by atoms with van der Waals surface area (Å²) in [6, 6.07) is 0.555. The van der Waals surface area contributed by atoms with Gasteiger partial charge in [0.2, 0.25) is 0 Å². The number of nitrogens with two attached hydrogens (primary N) is 3. The molecule has 0 aliphatic rings. The Hall–Kier alpha value is -0.0231. The Kier molecular flexibility index (Phi) is 9.82. The third-order valence-corrected chi connectivity index (χ3v) is 6.45. The van der Waals surface area contributed by atoms with E-state index >= 15 is 0 Å². The first-order valence-corrected chi connectivity index (χ1v) is 9.44. The highest BCUT2D eigenvalue weighted by Gasteiger charge is 2.46. The lowest BCUT2D eigenvalue weighted by molar-refractivity contribution is -0.0272. The summed E-state index contributed by atoms with van der Waals surface area (Å²) in [7, 11) is -2.80. The highest BCUT2D eigenvalue weighted by Crippen LogP contribution is 2.29. The lowest BCUT2D eigenvalue weighted by Gasteiger charge is -2.39.